The average molecular weight is 616 g/mol. The van der Waals surface area contributed by atoms with Crippen LogP contribution in [0.15, 0.2) is 160 Å². The highest BCUT2D eigenvalue weighted by Crippen LogP contribution is 2.45. The molecule has 0 amide bonds. The number of hydrogen-bond donors (Lipinski definition) is 0. The Bertz CT molecular complexity index is 2780. The standard InChI is InChI=1S/C43H25N3O2/c1-3-12-26(13-4-1)41-44-42(27-14-5-2-6-15-27)46-43(45-41)39-30(22-23-36-38(39)33-18-9-10-21-35(33)47-36)31-19-11-20-32-34-24-28-16-7-8-17-29(28)25-37(34)48-40(31)32/h1-25H. The van der Waals surface area contributed by atoms with Crippen molar-refractivity contribution >= 4 is 54.6 Å². The fraction of sp³-hybridized carbons (Fsp3) is 0. The van der Waals surface area contributed by atoms with Gasteiger partial charge in [-0.05, 0) is 46.7 Å². The summed E-state index contributed by atoms with van der Waals surface area (Å²) in [6, 6.07) is 51.5. The lowest BCUT2D eigenvalue weighted by Crippen LogP contribution is -2.01. The van der Waals surface area contributed by atoms with Gasteiger partial charge in [0.1, 0.15) is 22.3 Å². The fourth-order valence-electron chi connectivity index (χ4n) is 6.89. The van der Waals surface area contributed by atoms with Gasteiger partial charge in [-0.25, -0.2) is 15.0 Å². The highest BCUT2D eigenvalue weighted by atomic mass is 16.3. The van der Waals surface area contributed by atoms with Gasteiger partial charge >= 0.3 is 0 Å². The Morgan fingerprint density at radius 1 is 0.375 bits per heavy atom. The molecule has 10 rings (SSSR count). The monoisotopic (exact) mass is 615 g/mol. The molecule has 0 fully saturated rings. The van der Waals surface area contributed by atoms with Crippen LogP contribution in [-0.4, -0.2) is 15.0 Å². The van der Waals surface area contributed by atoms with Crippen LogP contribution in [0.5, 0.6) is 0 Å². The van der Waals surface area contributed by atoms with Crippen molar-refractivity contribution in [3.05, 3.63) is 152 Å². The van der Waals surface area contributed by atoms with Crippen LogP contribution in [0.3, 0.4) is 0 Å². The minimum atomic E-state index is 0.564. The third-order valence-corrected chi connectivity index (χ3v) is 9.12. The van der Waals surface area contributed by atoms with Crippen LogP contribution in [-0.2, 0) is 0 Å². The van der Waals surface area contributed by atoms with E-state index in [4.69, 9.17) is 23.8 Å². The van der Waals surface area contributed by atoms with E-state index in [2.05, 4.69) is 66.7 Å². The lowest BCUT2D eigenvalue weighted by molar-refractivity contribution is 0.668. The van der Waals surface area contributed by atoms with Crippen molar-refractivity contribution in [3.8, 4) is 45.3 Å². The predicted octanol–water partition coefficient (Wildman–Crippen LogP) is 11.5. The van der Waals surface area contributed by atoms with E-state index >= 15 is 0 Å². The van der Waals surface area contributed by atoms with Crippen LogP contribution in [0.25, 0.3) is 99.9 Å². The molecule has 3 aromatic heterocycles. The Hall–Kier alpha value is -6.59. The van der Waals surface area contributed by atoms with E-state index in [0.29, 0.717) is 17.5 Å². The minimum Gasteiger partial charge on any atom is -0.456 e. The van der Waals surface area contributed by atoms with Gasteiger partial charge in [-0.3, -0.25) is 0 Å². The molecule has 0 saturated carbocycles. The molecule has 0 unspecified atom stereocenters. The molecule has 3 heterocycles. The largest absolute Gasteiger partial charge is 0.456 e. The Balaban J connectivity index is 1.32. The van der Waals surface area contributed by atoms with Crippen LogP contribution < -0.4 is 0 Å². The Kier molecular flexibility index (Phi) is 5.81. The fourth-order valence-corrected chi connectivity index (χ4v) is 6.89. The van der Waals surface area contributed by atoms with Gasteiger partial charge in [0.2, 0.25) is 0 Å². The van der Waals surface area contributed by atoms with Gasteiger partial charge in [-0.15, -0.1) is 0 Å². The molecule has 5 nitrogen and oxygen atoms in total. The SMILES string of the molecule is c1ccc(-c2nc(-c3ccccc3)nc(-c3c(-c4cccc5c4oc4cc6ccccc6cc45)ccc4oc5ccccc5c34)n2)cc1. The van der Waals surface area contributed by atoms with Crippen molar-refractivity contribution in [2.45, 2.75) is 0 Å². The molecule has 0 aliphatic rings. The second kappa shape index (κ2) is 10.5. The predicted molar refractivity (Wildman–Crippen MR) is 194 cm³/mol. The lowest BCUT2D eigenvalue weighted by atomic mass is 9.93. The second-order valence-corrected chi connectivity index (χ2v) is 12.0. The summed E-state index contributed by atoms with van der Waals surface area (Å²) in [5, 5.41) is 6.41. The number of furan rings is 2. The van der Waals surface area contributed by atoms with E-state index in [1.807, 2.05) is 84.9 Å². The number of aromatic nitrogens is 3. The lowest BCUT2D eigenvalue weighted by Gasteiger charge is -2.13. The summed E-state index contributed by atoms with van der Waals surface area (Å²) < 4.78 is 13.1. The Morgan fingerprint density at radius 3 is 1.75 bits per heavy atom. The first-order valence-corrected chi connectivity index (χ1v) is 15.9. The van der Waals surface area contributed by atoms with Gasteiger partial charge in [0, 0.05) is 43.8 Å². The summed E-state index contributed by atoms with van der Waals surface area (Å²) in [6.45, 7) is 0. The number of nitrogens with zero attached hydrogens (tertiary/aromatic N) is 3. The van der Waals surface area contributed by atoms with Crippen molar-refractivity contribution in [1.82, 2.24) is 15.0 Å². The molecule has 0 aliphatic carbocycles. The third-order valence-electron chi connectivity index (χ3n) is 9.12. The highest BCUT2D eigenvalue weighted by Gasteiger charge is 2.24. The maximum Gasteiger partial charge on any atom is 0.165 e. The van der Waals surface area contributed by atoms with Crippen LogP contribution >= 0.6 is 0 Å². The van der Waals surface area contributed by atoms with E-state index in [0.717, 1.165) is 77.1 Å². The summed E-state index contributed by atoms with van der Waals surface area (Å²) in [7, 11) is 0. The maximum atomic E-state index is 6.73. The second-order valence-electron chi connectivity index (χ2n) is 12.0. The summed E-state index contributed by atoms with van der Waals surface area (Å²) in [5.41, 5.74) is 7.84. The van der Waals surface area contributed by atoms with E-state index in [9.17, 15) is 0 Å². The first-order valence-electron chi connectivity index (χ1n) is 15.9. The van der Waals surface area contributed by atoms with E-state index in [-0.39, 0.29) is 0 Å². The van der Waals surface area contributed by atoms with Gasteiger partial charge in [-0.1, -0.05) is 121 Å². The minimum absolute atomic E-state index is 0.564. The van der Waals surface area contributed by atoms with Crippen molar-refractivity contribution in [2.75, 3.05) is 0 Å². The maximum absolute atomic E-state index is 6.73. The van der Waals surface area contributed by atoms with Gasteiger partial charge < -0.3 is 8.83 Å². The molecule has 0 saturated heterocycles. The molecule has 10 aromatic rings. The molecule has 0 bridgehead atoms. The topological polar surface area (TPSA) is 65.0 Å². The number of para-hydroxylation sites is 2. The molecule has 0 radical (unpaired) electrons. The Morgan fingerprint density at radius 2 is 1.00 bits per heavy atom. The number of benzene rings is 7. The number of hydrogen-bond acceptors (Lipinski definition) is 5. The number of fused-ring (bicyclic) bond motifs is 7. The molecule has 224 valence electrons. The quantitative estimate of drug-likeness (QED) is 0.197. The molecule has 5 heteroatoms. The third kappa shape index (κ3) is 4.15. The smallest absolute Gasteiger partial charge is 0.165 e. The van der Waals surface area contributed by atoms with Crippen molar-refractivity contribution < 1.29 is 8.83 Å². The molecular formula is C43H25N3O2. The normalized spacial score (nSPS) is 11.8. The van der Waals surface area contributed by atoms with Gasteiger partial charge in [0.15, 0.2) is 17.5 Å². The van der Waals surface area contributed by atoms with Crippen molar-refractivity contribution in [1.29, 1.82) is 0 Å². The molecular weight excluding hydrogens is 590 g/mol. The van der Waals surface area contributed by atoms with Crippen LogP contribution in [0.4, 0.5) is 0 Å². The van der Waals surface area contributed by atoms with Crippen molar-refractivity contribution in [3.63, 3.8) is 0 Å². The highest BCUT2D eigenvalue weighted by molar-refractivity contribution is 6.18. The summed E-state index contributed by atoms with van der Waals surface area (Å²) in [6.07, 6.45) is 0. The van der Waals surface area contributed by atoms with E-state index < -0.39 is 0 Å². The summed E-state index contributed by atoms with van der Waals surface area (Å²) in [5.74, 6) is 1.77. The zero-order chi connectivity index (χ0) is 31.6. The zero-order valence-electron chi connectivity index (χ0n) is 25.6. The van der Waals surface area contributed by atoms with E-state index in [1.54, 1.807) is 0 Å². The zero-order valence-corrected chi connectivity index (χ0v) is 25.6. The van der Waals surface area contributed by atoms with Gasteiger partial charge in [-0.2, -0.15) is 0 Å². The Labute approximate surface area is 274 Å². The average Bonchev–Trinajstić information content (AvgIpc) is 3.72. The summed E-state index contributed by atoms with van der Waals surface area (Å²) in [4.78, 5) is 15.3. The van der Waals surface area contributed by atoms with Crippen LogP contribution in [0, 0.1) is 0 Å². The first-order chi connectivity index (χ1) is 23.8. The van der Waals surface area contributed by atoms with Gasteiger partial charge in [0.25, 0.3) is 0 Å². The van der Waals surface area contributed by atoms with Crippen LogP contribution in [0.1, 0.15) is 0 Å². The van der Waals surface area contributed by atoms with E-state index in [1.165, 1.54) is 5.39 Å². The van der Waals surface area contributed by atoms with Crippen LogP contribution in [0.2, 0.25) is 0 Å². The number of rotatable bonds is 4. The molecule has 7 aromatic carbocycles. The molecule has 0 spiro atoms. The van der Waals surface area contributed by atoms with Crippen molar-refractivity contribution in [2.24, 2.45) is 0 Å². The molecule has 0 N–H and O–H groups in total. The molecule has 0 aliphatic heterocycles. The molecule has 0 atom stereocenters. The van der Waals surface area contributed by atoms with Gasteiger partial charge in [0.05, 0.1) is 0 Å². The summed E-state index contributed by atoms with van der Waals surface area (Å²) >= 11 is 0. The first kappa shape index (κ1) is 26.6. The molecule has 48 heavy (non-hydrogen) atoms.